The normalized spacial score (nSPS) is 18.6. The molecule has 4 aromatic rings. The number of carbonyl (C=O) groups is 2. The largest absolute Gasteiger partial charge is 0.479 e. The molecule has 3 aromatic carbocycles. The molecule has 8 heteroatoms. The minimum Gasteiger partial charge on any atom is -0.479 e. The first-order valence-electron chi connectivity index (χ1n) is 14.5. The Labute approximate surface area is 240 Å². The van der Waals surface area contributed by atoms with Crippen LogP contribution in [0.4, 0.5) is 0 Å². The zero-order valence-corrected chi connectivity index (χ0v) is 23.7. The van der Waals surface area contributed by atoms with Gasteiger partial charge in [0.25, 0.3) is 0 Å². The molecule has 41 heavy (non-hydrogen) atoms. The number of aliphatic carboxylic acids is 1. The van der Waals surface area contributed by atoms with Gasteiger partial charge in [0.15, 0.2) is 0 Å². The summed E-state index contributed by atoms with van der Waals surface area (Å²) in [4.78, 5) is 27.9. The predicted molar refractivity (Wildman–Crippen MR) is 159 cm³/mol. The summed E-state index contributed by atoms with van der Waals surface area (Å²) in [5.74, 6) is -0.00287. The predicted octanol–water partition coefficient (Wildman–Crippen LogP) is 6.75. The van der Waals surface area contributed by atoms with Gasteiger partial charge in [-0.3, -0.25) is 4.79 Å². The van der Waals surface area contributed by atoms with Gasteiger partial charge in [-0.1, -0.05) is 80.9 Å². The highest BCUT2D eigenvalue weighted by Gasteiger charge is 2.48. The van der Waals surface area contributed by atoms with Gasteiger partial charge in [0, 0.05) is 18.5 Å². The average Bonchev–Trinajstić information content (AvgIpc) is 3.55. The van der Waals surface area contributed by atoms with E-state index < -0.39 is 11.5 Å². The number of tetrazole rings is 1. The molecule has 0 saturated heterocycles. The third kappa shape index (κ3) is 6.06. The number of carboxylic acid groups (broad SMARTS) is 1. The summed E-state index contributed by atoms with van der Waals surface area (Å²) in [5.41, 5.74) is 4.69. The van der Waals surface area contributed by atoms with Crippen LogP contribution in [0.1, 0.15) is 64.4 Å². The fourth-order valence-electron chi connectivity index (χ4n) is 5.82. The molecule has 5 rings (SSSR count). The van der Waals surface area contributed by atoms with E-state index in [2.05, 4.69) is 51.8 Å². The summed E-state index contributed by atoms with van der Waals surface area (Å²) in [6, 6.07) is 24.4. The topological polar surface area (TPSA) is 112 Å². The van der Waals surface area contributed by atoms with Crippen molar-refractivity contribution >= 4 is 11.9 Å². The van der Waals surface area contributed by atoms with E-state index >= 15 is 0 Å². The number of benzene rings is 3. The summed E-state index contributed by atoms with van der Waals surface area (Å²) < 4.78 is 0. The Morgan fingerprint density at radius 2 is 1.66 bits per heavy atom. The lowest BCUT2D eigenvalue weighted by Crippen LogP contribution is -2.58. The smallest absolute Gasteiger partial charge is 0.329 e. The Hall–Kier alpha value is -4.33. The number of H-pyrrole nitrogens is 1. The van der Waals surface area contributed by atoms with Crippen LogP contribution in [0.3, 0.4) is 0 Å². The van der Waals surface area contributed by atoms with Crippen molar-refractivity contribution in [1.82, 2.24) is 25.5 Å². The summed E-state index contributed by atoms with van der Waals surface area (Å²) in [5, 5.41) is 25.1. The van der Waals surface area contributed by atoms with Crippen LogP contribution >= 0.6 is 0 Å². The molecule has 0 spiro atoms. The molecule has 2 N–H and O–H groups in total. The van der Waals surface area contributed by atoms with E-state index in [1.807, 2.05) is 55.5 Å². The van der Waals surface area contributed by atoms with Crippen molar-refractivity contribution in [3.05, 3.63) is 78.4 Å². The number of rotatable bonds is 10. The molecule has 1 aliphatic rings. The molecule has 0 aliphatic heterocycles. The highest BCUT2D eigenvalue weighted by molar-refractivity contribution is 5.88. The summed E-state index contributed by atoms with van der Waals surface area (Å²) in [6.07, 6.45) is 4.57. The molecular weight excluding hydrogens is 514 g/mol. The van der Waals surface area contributed by atoms with Crippen molar-refractivity contribution in [3.8, 4) is 33.6 Å². The number of unbranched alkanes of at least 4 members (excludes halogenated alkanes) is 1. The highest BCUT2D eigenvalue weighted by atomic mass is 16.4. The molecule has 0 atom stereocenters. The molecule has 212 valence electrons. The van der Waals surface area contributed by atoms with E-state index in [0.29, 0.717) is 31.0 Å². The van der Waals surface area contributed by atoms with Crippen LogP contribution in [-0.4, -0.2) is 48.0 Å². The minimum absolute atomic E-state index is 0.0807. The molecule has 0 unspecified atom stereocenters. The number of carbonyl (C=O) groups excluding carboxylic acids is 1. The van der Waals surface area contributed by atoms with Crippen LogP contribution in [-0.2, 0) is 16.1 Å². The lowest BCUT2D eigenvalue weighted by Gasteiger charge is -2.44. The van der Waals surface area contributed by atoms with Crippen LogP contribution in [0.25, 0.3) is 33.6 Å². The summed E-state index contributed by atoms with van der Waals surface area (Å²) in [6.45, 7) is 4.47. The molecule has 0 bridgehead atoms. The second-order valence-electron chi connectivity index (χ2n) is 11.2. The maximum atomic E-state index is 13.5. The van der Waals surface area contributed by atoms with Gasteiger partial charge in [0.2, 0.25) is 11.7 Å². The number of carboxylic acids is 1. The molecule has 1 aromatic heterocycles. The van der Waals surface area contributed by atoms with Crippen molar-refractivity contribution in [2.75, 3.05) is 0 Å². The van der Waals surface area contributed by atoms with Gasteiger partial charge < -0.3 is 10.0 Å². The average molecular weight is 552 g/mol. The van der Waals surface area contributed by atoms with E-state index in [1.54, 1.807) is 4.90 Å². The number of aromatic nitrogens is 4. The molecule has 0 radical (unpaired) electrons. The van der Waals surface area contributed by atoms with Crippen molar-refractivity contribution in [2.45, 2.75) is 70.9 Å². The maximum Gasteiger partial charge on any atom is 0.329 e. The van der Waals surface area contributed by atoms with E-state index in [-0.39, 0.29) is 12.5 Å². The van der Waals surface area contributed by atoms with Gasteiger partial charge in [-0.25, -0.2) is 4.79 Å². The lowest BCUT2D eigenvalue weighted by atomic mass is 9.75. The SMILES string of the molecule is CCCCC(=O)N(Cc1ccc(-c2cc(-c3ccccc3)ccc2-c2nn[nH]n2)cc1)C1(C(=O)O)CCC(C)CC1. The quantitative estimate of drug-likeness (QED) is 0.225. The van der Waals surface area contributed by atoms with E-state index in [0.717, 1.165) is 59.1 Å². The zero-order valence-electron chi connectivity index (χ0n) is 23.7. The Bertz CT molecular complexity index is 1460. The van der Waals surface area contributed by atoms with Crippen molar-refractivity contribution in [1.29, 1.82) is 0 Å². The first kappa shape index (κ1) is 28.2. The molecule has 1 heterocycles. The first-order valence-corrected chi connectivity index (χ1v) is 14.5. The Morgan fingerprint density at radius 1 is 0.951 bits per heavy atom. The second-order valence-corrected chi connectivity index (χ2v) is 11.2. The van der Waals surface area contributed by atoms with Crippen molar-refractivity contribution in [3.63, 3.8) is 0 Å². The first-order chi connectivity index (χ1) is 19.9. The molecule has 1 amide bonds. The van der Waals surface area contributed by atoms with Gasteiger partial charge >= 0.3 is 5.97 Å². The van der Waals surface area contributed by atoms with Gasteiger partial charge in [-0.2, -0.15) is 5.21 Å². The number of hydrogen-bond donors (Lipinski definition) is 2. The Balaban J connectivity index is 1.48. The number of hydrogen-bond acceptors (Lipinski definition) is 5. The van der Waals surface area contributed by atoms with E-state index in [9.17, 15) is 14.7 Å². The van der Waals surface area contributed by atoms with Crippen LogP contribution in [0.15, 0.2) is 72.8 Å². The second kappa shape index (κ2) is 12.5. The number of aromatic amines is 1. The van der Waals surface area contributed by atoms with Crippen LogP contribution in [0.2, 0.25) is 0 Å². The molecule has 1 saturated carbocycles. The third-order valence-corrected chi connectivity index (χ3v) is 8.38. The third-order valence-electron chi connectivity index (χ3n) is 8.38. The van der Waals surface area contributed by atoms with E-state index in [1.165, 1.54) is 0 Å². The molecular formula is C33H37N5O3. The molecule has 8 nitrogen and oxygen atoms in total. The maximum absolute atomic E-state index is 13.5. The molecule has 1 fully saturated rings. The Kier molecular flexibility index (Phi) is 8.57. The van der Waals surface area contributed by atoms with E-state index in [4.69, 9.17) is 0 Å². The summed E-state index contributed by atoms with van der Waals surface area (Å²) >= 11 is 0. The van der Waals surface area contributed by atoms with Crippen LogP contribution in [0.5, 0.6) is 0 Å². The number of nitrogens with one attached hydrogen (secondary N) is 1. The molecule has 1 aliphatic carbocycles. The highest BCUT2D eigenvalue weighted by Crippen LogP contribution is 2.39. The Morgan fingerprint density at radius 3 is 2.29 bits per heavy atom. The summed E-state index contributed by atoms with van der Waals surface area (Å²) in [7, 11) is 0. The van der Waals surface area contributed by atoms with Crippen molar-refractivity contribution in [2.24, 2.45) is 5.92 Å². The monoisotopic (exact) mass is 551 g/mol. The van der Waals surface area contributed by atoms with Gasteiger partial charge in [-0.05, 0) is 83.2 Å². The standard InChI is InChI=1S/C33H37N5O3/c1-3-4-10-30(39)38(33(32(40)41)19-17-23(2)18-20-33)22-24-11-13-26(14-12-24)29-21-27(25-8-6-5-7-9-25)15-16-28(29)31-34-36-37-35-31/h5-9,11-16,21,23H,3-4,10,17-20,22H2,1-2H3,(H,40,41)(H,34,35,36,37). The number of amides is 1. The van der Waals surface area contributed by atoms with Crippen LogP contribution < -0.4 is 0 Å². The fraction of sp³-hybridized carbons (Fsp3) is 0.364. The number of nitrogens with zero attached hydrogens (tertiary/aromatic N) is 4. The van der Waals surface area contributed by atoms with Crippen LogP contribution in [0, 0.1) is 5.92 Å². The zero-order chi connectivity index (χ0) is 28.8. The van der Waals surface area contributed by atoms with Gasteiger partial charge in [-0.15, -0.1) is 10.2 Å². The lowest BCUT2D eigenvalue weighted by molar-refractivity contribution is -0.163. The van der Waals surface area contributed by atoms with Gasteiger partial charge in [0.05, 0.1) is 0 Å². The minimum atomic E-state index is -1.16. The van der Waals surface area contributed by atoms with Gasteiger partial charge in [0.1, 0.15) is 5.54 Å². The van der Waals surface area contributed by atoms with Crippen molar-refractivity contribution < 1.29 is 14.7 Å². The fourth-order valence-corrected chi connectivity index (χ4v) is 5.82.